The maximum absolute atomic E-state index is 11.8. The third-order valence-corrected chi connectivity index (χ3v) is 4.33. The molecule has 1 aromatic rings. The van der Waals surface area contributed by atoms with Crippen LogP contribution in [-0.2, 0) is 11.2 Å². The lowest BCUT2D eigenvalue weighted by atomic mass is 10.0. The van der Waals surface area contributed by atoms with Gasteiger partial charge in [0.1, 0.15) is 6.04 Å². The van der Waals surface area contributed by atoms with Crippen molar-refractivity contribution in [3.8, 4) is 0 Å². The van der Waals surface area contributed by atoms with Crippen LogP contribution in [0.2, 0.25) is 0 Å². The lowest BCUT2D eigenvalue weighted by Crippen LogP contribution is -2.49. The van der Waals surface area contributed by atoms with E-state index in [1.807, 2.05) is 24.3 Å². The fourth-order valence-corrected chi connectivity index (χ4v) is 3.17. The monoisotopic (exact) mass is 304 g/mol. The van der Waals surface area contributed by atoms with Crippen molar-refractivity contribution in [3.63, 3.8) is 0 Å². The van der Waals surface area contributed by atoms with Gasteiger partial charge in [-0.2, -0.15) is 0 Å². The number of nitrogens with zero attached hydrogens (tertiary/aromatic N) is 2. The maximum atomic E-state index is 11.8. The van der Waals surface area contributed by atoms with Crippen LogP contribution in [0.5, 0.6) is 0 Å². The number of carboxylic acid groups (broad SMARTS) is 1. The number of hydrogen-bond donors (Lipinski definition) is 1. The number of carbonyl (C=O) groups is 1. The second-order valence-electron chi connectivity index (χ2n) is 6.57. The zero-order valence-electron chi connectivity index (χ0n) is 14.0. The zero-order valence-corrected chi connectivity index (χ0v) is 14.0. The lowest BCUT2D eigenvalue weighted by molar-refractivity contribution is -0.144. The highest BCUT2D eigenvalue weighted by atomic mass is 16.4. The molecule has 22 heavy (non-hydrogen) atoms. The molecular formula is C18H28N2O2. The van der Waals surface area contributed by atoms with Crippen LogP contribution in [0.1, 0.15) is 37.9 Å². The standard InChI is InChI=1S/C18H28N2O2/c1-4-15-5-7-16(8-6-15)17(18(21)22)20-11-9-19(10-12-20)13-14(2)3/h5-8,14,17H,4,9-13H2,1-3H3,(H,21,22). The van der Waals surface area contributed by atoms with Crippen molar-refractivity contribution in [2.45, 2.75) is 33.2 Å². The molecule has 1 aromatic carbocycles. The molecule has 1 heterocycles. The first-order valence-electron chi connectivity index (χ1n) is 8.29. The molecule has 1 saturated heterocycles. The Bertz CT molecular complexity index is 476. The minimum absolute atomic E-state index is 0.521. The first-order chi connectivity index (χ1) is 10.5. The van der Waals surface area contributed by atoms with Crippen molar-refractivity contribution >= 4 is 5.97 Å². The summed E-state index contributed by atoms with van der Waals surface area (Å²) >= 11 is 0. The molecule has 1 aliphatic rings. The molecule has 1 atom stereocenters. The Labute approximate surface area is 133 Å². The molecule has 1 fully saturated rings. The van der Waals surface area contributed by atoms with Crippen LogP contribution >= 0.6 is 0 Å². The van der Waals surface area contributed by atoms with Crippen molar-refractivity contribution in [2.24, 2.45) is 5.92 Å². The van der Waals surface area contributed by atoms with Gasteiger partial charge in [-0.05, 0) is 23.5 Å². The van der Waals surface area contributed by atoms with Gasteiger partial charge in [-0.3, -0.25) is 9.69 Å². The third-order valence-electron chi connectivity index (χ3n) is 4.33. The van der Waals surface area contributed by atoms with E-state index in [2.05, 4.69) is 30.6 Å². The van der Waals surface area contributed by atoms with Crippen molar-refractivity contribution < 1.29 is 9.90 Å². The summed E-state index contributed by atoms with van der Waals surface area (Å²) in [5.41, 5.74) is 2.14. The Kier molecular flexibility index (Phi) is 5.98. The van der Waals surface area contributed by atoms with E-state index in [4.69, 9.17) is 0 Å². The molecule has 122 valence electrons. The van der Waals surface area contributed by atoms with Gasteiger partial charge in [0, 0.05) is 32.7 Å². The van der Waals surface area contributed by atoms with Crippen LogP contribution in [0.4, 0.5) is 0 Å². The molecule has 0 bridgehead atoms. The first kappa shape index (κ1) is 17.0. The molecule has 0 saturated carbocycles. The van der Waals surface area contributed by atoms with E-state index in [0.717, 1.165) is 44.7 Å². The van der Waals surface area contributed by atoms with Gasteiger partial charge in [0.15, 0.2) is 0 Å². The molecule has 0 spiro atoms. The summed E-state index contributed by atoms with van der Waals surface area (Å²) in [6, 6.07) is 7.50. The average Bonchev–Trinajstić information content (AvgIpc) is 2.49. The summed E-state index contributed by atoms with van der Waals surface area (Å²) in [5.74, 6) is -0.0926. The number of aliphatic carboxylic acids is 1. The molecule has 0 amide bonds. The van der Waals surface area contributed by atoms with Crippen LogP contribution in [-0.4, -0.2) is 53.6 Å². The Morgan fingerprint density at radius 2 is 1.73 bits per heavy atom. The third kappa shape index (κ3) is 4.31. The Morgan fingerprint density at radius 1 is 1.14 bits per heavy atom. The summed E-state index contributed by atoms with van der Waals surface area (Å²) < 4.78 is 0. The van der Waals surface area contributed by atoms with Crippen molar-refractivity contribution in [1.82, 2.24) is 9.80 Å². The van der Waals surface area contributed by atoms with Crippen molar-refractivity contribution in [1.29, 1.82) is 0 Å². The van der Waals surface area contributed by atoms with Gasteiger partial charge in [-0.1, -0.05) is 45.0 Å². The molecule has 1 unspecified atom stereocenters. The van der Waals surface area contributed by atoms with E-state index in [0.29, 0.717) is 5.92 Å². The van der Waals surface area contributed by atoms with E-state index in [-0.39, 0.29) is 0 Å². The fraction of sp³-hybridized carbons (Fsp3) is 0.611. The molecule has 4 nitrogen and oxygen atoms in total. The van der Waals surface area contributed by atoms with Crippen LogP contribution in [0.3, 0.4) is 0 Å². The Morgan fingerprint density at radius 3 is 2.18 bits per heavy atom. The van der Waals surface area contributed by atoms with Crippen molar-refractivity contribution in [2.75, 3.05) is 32.7 Å². The molecule has 1 N–H and O–H groups in total. The van der Waals surface area contributed by atoms with Gasteiger partial charge >= 0.3 is 5.97 Å². The van der Waals surface area contributed by atoms with Gasteiger partial charge < -0.3 is 10.0 Å². The zero-order chi connectivity index (χ0) is 16.1. The molecular weight excluding hydrogens is 276 g/mol. The highest BCUT2D eigenvalue weighted by Gasteiger charge is 2.30. The van der Waals surface area contributed by atoms with Gasteiger partial charge in [-0.15, -0.1) is 0 Å². The summed E-state index contributed by atoms with van der Waals surface area (Å²) in [5, 5.41) is 9.66. The summed E-state index contributed by atoms with van der Waals surface area (Å²) in [6.45, 7) is 11.2. The predicted octanol–water partition coefficient (Wildman–Crippen LogP) is 2.65. The van der Waals surface area contributed by atoms with Crippen LogP contribution in [0.15, 0.2) is 24.3 Å². The van der Waals surface area contributed by atoms with Gasteiger partial charge in [0.05, 0.1) is 0 Å². The molecule has 0 aliphatic carbocycles. The SMILES string of the molecule is CCc1ccc(C(C(=O)O)N2CCN(CC(C)C)CC2)cc1. The number of aryl methyl sites for hydroxylation is 1. The largest absolute Gasteiger partial charge is 0.480 e. The summed E-state index contributed by atoms with van der Waals surface area (Å²) in [4.78, 5) is 16.3. The van der Waals surface area contributed by atoms with Crippen molar-refractivity contribution in [3.05, 3.63) is 35.4 Å². The first-order valence-corrected chi connectivity index (χ1v) is 8.29. The lowest BCUT2D eigenvalue weighted by Gasteiger charge is -2.38. The van der Waals surface area contributed by atoms with E-state index >= 15 is 0 Å². The number of carboxylic acids is 1. The molecule has 4 heteroatoms. The number of benzene rings is 1. The molecule has 1 aliphatic heterocycles. The summed E-state index contributed by atoms with van der Waals surface area (Å²) in [7, 11) is 0. The minimum atomic E-state index is -0.749. The van der Waals surface area contributed by atoms with E-state index in [1.54, 1.807) is 0 Å². The number of hydrogen-bond acceptors (Lipinski definition) is 3. The minimum Gasteiger partial charge on any atom is -0.480 e. The van der Waals surface area contributed by atoms with Gasteiger partial charge in [-0.25, -0.2) is 0 Å². The van der Waals surface area contributed by atoms with Gasteiger partial charge in [0.2, 0.25) is 0 Å². The fourth-order valence-electron chi connectivity index (χ4n) is 3.17. The molecule has 0 aromatic heterocycles. The van der Waals surface area contributed by atoms with Crippen LogP contribution in [0.25, 0.3) is 0 Å². The van der Waals surface area contributed by atoms with E-state index in [9.17, 15) is 9.90 Å². The second kappa shape index (κ2) is 7.75. The molecule has 2 rings (SSSR count). The second-order valence-corrected chi connectivity index (χ2v) is 6.57. The number of rotatable bonds is 6. The molecule has 0 radical (unpaired) electrons. The quantitative estimate of drug-likeness (QED) is 0.877. The van der Waals surface area contributed by atoms with Gasteiger partial charge in [0.25, 0.3) is 0 Å². The predicted molar refractivity (Wildman–Crippen MR) is 89.0 cm³/mol. The van der Waals surface area contributed by atoms with E-state index in [1.165, 1.54) is 5.56 Å². The van der Waals surface area contributed by atoms with Crippen LogP contribution < -0.4 is 0 Å². The van der Waals surface area contributed by atoms with Crippen LogP contribution in [0, 0.1) is 5.92 Å². The Hall–Kier alpha value is -1.39. The average molecular weight is 304 g/mol. The highest BCUT2D eigenvalue weighted by molar-refractivity contribution is 5.75. The highest BCUT2D eigenvalue weighted by Crippen LogP contribution is 2.23. The number of piperazine rings is 1. The maximum Gasteiger partial charge on any atom is 0.325 e. The summed E-state index contributed by atoms with van der Waals surface area (Å²) in [6.07, 6.45) is 0.978. The topological polar surface area (TPSA) is 43.8 Å². The smallest absolute Gasteiger partial charge is 0.325 e. The normalized spacial score (nSPS) is 18.5. The van der Waals surface area contributed by atoms with E-state index < -0.39 is 12.0 Å². The Balaban J connectivity index is 2.04.